The summed E-state index contributed by atoms with van der Waals surface area (Å²) in [5.74, 6) is 0.0446. The van der Waals surface area contributed by atoms with E-state index < -0.39 is 5.91 Å². The summed E-state index contributed by atoms with van der Waals surface area (Å²) in [7, 11) is 0. The Morgan fingerprint density at radius 2 is 2.12 bits per heavy atom. The highest BCUT2D eigenvalue weighted by molar-refractivity contribution is 5.93. The highest BCUT2D eigenvalue weighted by atomic mass is 16.5. The van der Waals surface area contributed by atoms with Crippen molar-refractivity contribution in [1.82, 2.24) is 20.3 Å². The Morgan fingerprint density at radius 1 is 1.23 bits per heavy atom. The number of rotatable bonds is 4. The number of furan rings is 1. The van der Waals surface area contributed by atoms with Crippen LogP contribution in [0.4, 0.5) is 0 Å². The first-order valence-corrected chi connectivity index (χ1v) is 8.30. The number of amides is 2. The first kappa shape index (κ1) is 16.1. The highest BCUT2D eigenvalue weighted by Crippen LogP contribution is 2.32. The molecular weight excluding hydrogens is 338 g/mol. The maximum Gasteiger partial charge on any atom is 0.276 e. The van der Waals surface area contributed by atoms with Gasteiger partial charge in [-0.2, -0.15) is 5.10 Å². The van der Waals surface area contributed by atoms with Gasteiger partial charge in [0, 0.05) is 12.6 Å². The van der Waals surface area contributed by atoms with Gasteiger partial charge in [-0.25, -0.2) is 0 Å². The summed E-state index contributed by atoms with van der Waals surface area (Å²) in [6.07, 6.45) is 4.14. The Morgan fingerprint density at radius 3 is 2.85 bits per heavy atom. The molecule has 9 nitrogen and oxygen atoms in total. The Bertz CT molecular complexity index is 927. The minimum Gasteiger partial charge on any atom is -0.461 e. The molecule has 0 aliphatic carbocycles. The van der Waals surface area contributed by atoms with Crippen molar-refractivity contribution in [2.75, 3.05) is 6.54 Å². The predicted octanol–water partition coefficient (Wildman–Crippen LogP) is 2.12. The summed E-state index contributed by atoms with van der Waals surface area (Å²) in [5, 5.41) is 10.6. The predicted molar refractivity (Wildman–Crippen MR) is 88.9 cm³/mol. The summed E-state index contributed by atoms with van der Waals surface area (Å²) < 4.78 is 10.5. The molecule has 3 aromatic rings. The molecule has 1 aliphatic heterocycles. The fourth-order valence-electron chi connectivity index (χ4n) is 3.19. The largest absolute Gasteiger partial charge is 0.461 e. The van der Waals surface area contributed by atoms with Crippen LogP contribution in [0.25, 0.3) is 11.5 Å². The molecule has 0 spiro atoms. The molecule has 0 radical (unpaired) electrons. The van der Waals surface area contributed by atoms with Crippen molar-refractivity contribution >= 4 is 11.8 Å². The average Bonchev–Trinajstić information content (AvgIpc) is 3.42. The molecule has 26 heavy (non-hydrogen) atoms. The summed E-state index contributed by atoms with van der Waals surface area (Å²) in [6.45, 7) is 0.581. The second-order valence-electron chi connectivity index (χ2n) is 6.14. The summed E-state index contributed by atoms with van der Waals surface area (Å²) in [6, 6.07) is 6.40. The van der Waals surface area contributed by atoms with Gasteiger partial charge in [0.1, 0.15) is 5.69 Å². The third-order valence-electron chi connectivity index (χ3n) is 4.47. The highest BCUT2D eigenvalue weighted by Gasteiger charge is 2.32. The Balaban J connectivity index is 1.59. The molecule has 2 amide bonds. The van der Waals surface area contributed by atoms with Gasteiger partial charge in [0.2, 0.25) is 5.76 Å². The van der Waals surface area contributed by atoms with E-state index in [4.69, 9.17) is 14.7 Å². The molecule has 1 fully saturated rings. The second kappa shape index (κ2) is 6.51. The fraction of sp³-hybridized carbons (Fsp3) is 0.294. The van der Waals surface area contributed by atoms with Crippen molar-refractivity contribution in [3.05, 3.63) is 47.6 Å². The maximum absolute atomic E-state index is 13.0. The fourth-order valence-corrected chi connectivity index (χ4v) is 3.19. The van der Waals surface area contributed by atoms with Gasteiger partial charge in [-0.1, -0.05) is 5.16 Å². The SMILES string of the molecule is NC(=O)c1cc(C2CCCCN2C(=O)c2cc(-c3ccco3)on2)[nH]n1. The van der Waals surface area contributed by atoms with Gasteiger partial charge in [0.25, 0.3) is 11.8 Å². The summed E-state index contributed by atoms with van der Waals surface area (Å²) >= 11 is 0. The van der Waals surface area contributed by atoms with E-state index in [-0.39, 0.29) is 23.3 Å². The quantitative estimate of drug-likeness (QED) is 0.737. The minimum atomic E-state index is -0.610. The van der Waals surface area contributed by atoms with E-state index in [1.54, 1.807) is 29.2 Å². The number of primary amides is 1. The lowest BCUT2D eigenvalue weighted by atomic mass is 9.98. The molecule has 0 saturated carbocycles. The zero-order valence-electron chi connectivity index (χ0n) is 13.8. The first-order valence-electron chi connectivity index (χ1n) is 8.30. The van der Waals surface area contributed by atoms with Gasteiger partial charge in [0.15, 0.2) is 11.5 Å². The molecular formula is C17H17N5O4. The van der Waals surface area contributed by atoms with Gasteiger partial charge < -0.3 is 19.6 Å². The number of H-pyrrole nitrogens is 1. The van der Waals surface area contributed by atoms with E-state index in [1.807, 2.05) is 0 Å². The molecule has 3 aromatic heterocycles. The van der Waals surface area contributed by atoms with Gasteiger partial charge in [-0.15, -0.1) is 0 Å². The Labute approximate surface area is 148 Å². The lowest BCUT2D eigenvalue weighted by Gasteiger charge is -2.34. The van der Waals surface area contributed by atoms with Crippen LogP contribution in [0.3, 0.4) is 0 Å². The van der Waals surface area contributed by atoms with Crippen LogP contribution >= 0.6 is 0 Å². The molecule has 4 heterocycles. The molecule has 9 heteroatoms. The molecule has 3 N–H and O–H groups in total. The maximum atomic E-state index is 13.0. The average molecular weight is 355 g/mol. The minimum absolute atomic E-state index is 0.152. The van der Waals surface area contributed by atoms with Gasteiger partial charge in [-0.05, 0) is 37.5 Å². The number of carbonyl (C=O) groups excluding carboxylic acids is 2. The molecule has 0 bridgehead atoms. The molecule has 1 atom stereocenters. The van der Waals surface area contributed by atoms with E-state index in [0.717, 1.165) is 19.3 Å². The molecule has 134 valence electrons. The number of carbonyl (C=O) groups is 2. The number of likely N-dealkylation sites (tertiary alicyclic amines) is 1. The Kier molecular flexibility index (Phi) is 4.04. The topological polar surface area (TPSA) is 131 Å². The van der Waals surface area contributed by atoms with Crippen LogP contribution in [0, 0.1) is 0 Å². The van der Waals surface area contributed by atoms with E-state index in [9.17, 15) is 9.59 Å². The molecule has 1 unspecified atom stereocenters. The van der Waals surface area contributed by atoms with Crippen molar-refractivity contribution in [2.45, 2.75) is 25.3 Å². The number of piperidine rings is 1. The zero-order valence-corrected chi connectivity index (χ0v) is 13.8. The number of nitrogens with one attached hydrogen (secondary N) is 1. The number of aromatic amines is 1. The second-order valence-corrected chi connectivity index (χ2v) is 6.14. The van der Waals surface area contributed by atoms with Crippen LogP contribution in [-0.4, -0.2) is 38.6 Å². The van der Waals surface area contributed by atoms with Crippen LogP contribution in [0.2, 0.25) is 0 Å². The van der Waals surface area contributed by atoms with Gasteiger partial charge >= 0.3 is 0 Å². The van der Waals surface area contributed by atoms with Crippen molar-refractivity contribution in [3.8, 4) is 11.5 Å². The van der Waals surface area contributed by atoms with Crippen LogP contribution in [-0.2, 0) is 0 Å². The van der Waals surface area contributed by atoms with Crippen molar-refractivity contribution in [1.29, 1.82) is 0 Å². The third-order valence-corrected chi connectivity index (χ3v) is 4.47. The number of aromatic nitrogens is 3. The van der Waals surface area contributed by atoms with Crippen LogP contribution < -0.4 is 5.73 Å². The molecule has 1 saturated heterocycles. The van der Waals surface area contributed by atoms with E-state index in [2.05, 4.69) is 15.4 Å². The van der Waals surface area contributed by atoms with Gasteiger partial charge in [-0.3, -0.25) is 14.7 Å². The van der Waals surface area contributed by atoms with E-state index in [1.165, 1.54) is 6.26 Å². The van der Waals surface area contributed by atoms with Gasteiger partial charge in [0.05, 0.1) is 18.0 Å². The lowest BCUT2D eigenvalue weighted by molar-refractivity contribution is 0.0595. The monoisotopic (exact) mass is 355 g/mol. The number of hydrogen-bond donors (Lipinski definition) is 2. The number of nitrogens with zero attached hydrogens (tertiary/aromatic N) is 3. The summed E-state index contributed by atoms with van der Waals surface area (Å²) in [5.41, 5.74) is 6.30. The van der Waals surface area contributed by atoms with E-state index >= 15 is 0 Å². The third kappa shape index (κ3) is 2.87. The van der Waals surface area contributed by atoms with Crippen molar-refractivity contribution in [3.63, 3.8) is 0 Å². The Hall–Kier alpha value is -3.36. The van der Waals surface area contributed by atoms with Crippen molar-refractivity contribution in [2.24, 2.45) is 5.73 Å². The number of nitrogens with two attached hydrogens (primary N) is 1. The zero-order chi connectivity index (χ0) is 18.1. The normalized spacial score (nSPS) is 17.4. The lowest BCUT2D eigenvalue weighted by Crippen LogP contribution is -2.38. The van der Waals surface area contributed by atoms with E-state index in [0.29, 0.717) is 23.8 Å². The van der Waals surface area contributed by atoms with Crippen molar-refractivity contribution < 1.29 is 18.5 Å². The van der Waals surface area contributed by atoms with Crippen LogP contribution in [0.5, 0.6) is 0 Å². The number of hydrogen-bond acceptors (Lipinski definition) is 6. The van der Waals surface area contributed by atoms with Crippen LogP contribution in [0.15, 0.2) is 39.5 Å². The van der Waals surface area contributed by atoms with Crippen LogP contribution in [0.1, 0.15) is 52.0 Å². The molecule has 1 aliphatic rings. The molecule has 0 aromatic carbocycles. The molecule has 4 rings (SSSR count). The smallest absolute Gasteiger partial charge is 0.276 e. The standard InChI is InChI=1S/C17H17N5O4/c18-16(23)11-8-10(19-20-11)13-4-1-2-6-22(13)17(24)12-9-15(26-21-12)14-5-3-7-25-14/h3,5,7-9,13H,1-2,4,6H2,(H2,18,23)(H,19,20). The first-order chi connectivity index (χ1) is 12.6. The summed E-state index contributed by atoms with van der Waals surface area (Å²) in [4.78, 5) is 25.9.